The third-order valence-corrected chi connectivity index (χ3v) is 3.77. The molecule has 0 aliphatic heterocycles. The molecule has 0 amide bonds. The fourth-order valence-corrected chi connectivity index (χ4v) is 2.35. The molecule has 3 nitrogen and oxygen atoms in total. The Morgan fingerprint density at radius 3 is 2.38 bits per heavy atom. The molecule has 5 heteroatoms. The van der Waals surface area contributed by atoms with Crippen molar-refractivity contribution in [2.75, 3.05) is 5.73 Å². The van der Waals surface area contributed by atoms with Gasteiger partial charge in [0.1, 0.15) is 11.3 Å². The molecule has 0 fully saturated rings. The van der Waals surface area contributed by atoms with Crippen molar-refractivity contribution < 1.29 is 8.78 Å². The first-order chi connectivity index (χ1) is 9.89. The number of aromatic nitrogens is 2. The molecule has 108 valence electrons. The maximum Gasteiger partial charge on any atom is 0.186 e. The van der Waals surface area contributed by atoms with Crippen molar-refractivity contribution in [1.82, 2.24) is 9.97 Å². The molecule has 0 spiro atoms. The van der Waals surface area contributed by atoms with Crippen molar-refractivity contribution in [3.8, 4) is 0 Å². The van der Waals surface area contributed by atoms with E-state index < -0.39 is 17.0 Å². The van der Waals surface area contributed by atoms with Crippen LogP contribution in [0, 0.1) is 11.6 Å². The van der Waals surface area contributed by atoms with Crippen molar-refractivity contribution >= 4 is 16.7 Å². The van der Waals surface area contributed by atoms with Crippen molar-refractivity contribution in [3.05, 3.63) is 59.4 Å². The number of nitrogen functional groups attached to an aromatic ring is 1. The van der Waals surface area contributed by atoms with E-state index in [4.69, 9.17) is 5.73 Å². The van der Waals surface area contributed by atoms with Gasteiger partial charge in [0, 0.05) is 11.1 Å². The molecule has 0 aliphatic rings. The van der Waals surface area contributed by atoms with E-state index in [9.17, 15) is 8.78 Å². The van der Waals surface area contributed by atoms with Crippen LogP contribution in [-0.2, 0) is 5.41 Å². The summed E-state index contributed by atoms with van der Waals surface area (Å²) in [4.78, 5) is 7.31. The first-order valence-electron chi connectivity index (χ1n) is 6.60. The first kappa shape index (κ1) is 13.5. The number of rotatable bonds is 2. The highest BCUT2D eigenvalue weighted by molar-refractivity contribution is 5.76. The van der Waals surface area contributed by atoms with Gasteiger partial charge in [-0.1, -0.05) is 12.1 Å². The van der Waals surface area contributed by atoms with E-state index in [0.717, 1.165) is 11.6 Å². The molecule has 0 atom stereocenters. The monoisotopic (exact) mass is 287 g/mol. The molecule has 2 aromatic carbocycles. The number of imidazole rings is 1. The van der Waals surface area contributed by atoms with Crippen LogP contribution in [0.5, 0.6) is 0 Å². The highest BCUT2D eigenvalue weighted by Crippen LogP contribution is 2.32. The molecule has 0 unspecified atom stereocenters. The zero-order valence-corrected chi connectivity index (χ0v) is 11.7. The average Bonchev–Trinajstić information content (AvgIpc) is 2.89. The quantitative estimate of drug-likeness (QED) is 0.705. The van der Waals surface area contributed by atoms with E-state index in [-0.39, 0.29) is 5.52 Å². The lowest BCUT2D eigenvalue weighted by molar-refractivity contribution is 0.515. The summed E-state index contributed by atoms with van der Waals surface area (Å²) in [6.45, 7) is 3.93. The van der Waals surface area contributed by atoms with Gasteiger partial charge in [-0.15, -0.1) is 0 Å². The molecule has 0 saturated carbocycles. The predicted molar refractivity (Wildman–Crippen MR) is 79.0 cm³/mol. The summed E-state index contributed by atoms with van der Waals surface area (Å²) in [5.74, 6) is -1.25. The van der Waals surface area contributed by atoms with E-state index in [1.165, 1.54) is 6.07 Å². The lowest BCUT2D eigenvalue weighted by Gasteiger charge is -2.22. The Hall–Kier alpha value is -2.43. The van der Waals surface area contributed by atoms with Crippen LogP contribution in [0.15, 0.2) is 36.4 Å². The normalized spacial score (nSPS) is 12.0. The lowest BCUT2D eigenvalue weighted by atomic mass is 9.84. The Morgan fingerprint density at radius 2 is 1.71 bits per heavy atom. The minimum absolute atomic E-state index is 0.0218. The molecule has 3 rings (SSSR count). The number of halogens is 2. The van der Waals surface area contributed by atoms with Crippen molar-refractivity contribution in [1.29, 1.82) is 0 Å². The Labute approximate surface area is 120 Å². The Balaban J connectivity index is 2.14. The second-order valence-electron chi connectivity index (χ2n) is 5.59. The first-order valence-corrected chi connectivity index (χ1v) is 6.60. The predicted octanol–water partition coefficient (Wildman–Crippen LogP) is 3.75. The highest BCUT2D eigenvalue weighted by atomic mass is 19.2. The zero-order valence-electron chi connectivity index (χ0n) is 11.7. The number of benzene rings is 2. The summed E-state index contributed by atoms with van der Waals surface area (Å²) in [6, 6.07) is 10.00. The van der Waals surface area contributed by atoms with Gasteiger partial charge in [0.2, 0.25) is 0 Å². The molecule has 0 aliphatic carbocycles. The van der Waals surface area contributed by atoms with Gasteiger partial charge in [0.25, 0.3) is 0 Å². The molecule has 1 aromatic heterocycles. The summed E-state index contributed by atoms with van der Waals surface area (Å²) in [5.41, 5.74) is 7.37. The molecule has 0 saturated heterocycles. The molecular weight excluding hydrogens is 272 g/mol. The van der Waals surface area contributed by atoms with Gasteiger partial charge < -0.3 is 10.7 Å². The van der Waals surface area contributed by atoms with Gasteiger partial charge in [-0.3, -0.25) is 0 Å². The number of anilines is 1. The van der Waals surface area contributed by atoms with E-state index in [0.29, 0.717) is 17.0 Å². The maximum atomic E-state index is 13.8. The second-order valence-corrected chi connectivity index (χ2v) is 5.59. The standard InChI is InChI=1S/C16H15F2N3/c1-16(2,9-3-5-10(19)6-4-9)15-20-12-8-7-11(17)13(18)14(12)21-15/h3-8H,19H2,1-2H3,(H,20,21). The Bertz CT molecular complexity index is 804. The van der Waals surface area contributed by atoms with Gasteiger partial charge in [-0.25, -0.2) is 13.8 Å². The van der Waals surface area contributed by atoms with Crippen LogP contribution in [0.25, 0.3) is 11.0 Å². The molecule has 1 heterocycles. The van der Waals surface area contributed by atoms with E-state index in [1.54, 1.807) is 12.1 Å². The number of nitrogens with zero attached hydrogens (tertiary/aromatic N) is 1. The van der Waals surface area contributed by atoms with Crippen LogP contribution >= 0.6 is 0 Å². The number of nitrogens with two attached hydrogens (primary N) is 1. The number of fused-ring (bicyclic) bond motifs is 1. The van der Waals surface area contributed by atoms with Gasteiger partial charge in [-0.05, 0) is 43.7 Å². The maximum absolute atomic E-state index is 13.8. The Kier molecular flexibility index (Phi) is 2.93. The van der Waals surface area contributed by atoms with Crippen molar-refractivity contribution in [2.24, 2.45) is 0 Å². The van der Waals surface area contributed by atoms with Crippen LogP contribution in [0.2, 0.25) is 0 Å². The SMILES string of the molecule is CC(C)(c1ccc(N)cc1)c1nc2c(F)c(F)ccc2[nH]1. The zero-order chi connectivity index (χ0) is 15.2. The highest BCUT2D eigenvalue weighted by Gasteiger charge is 2.27. The lowest BCUT2D eigenvalue weighted by Crippen LogP contribution is -2.20. The average molecular weight is 287 g/mol. The number of nitrogens with one attached hydrogen (secondary N) is 1. The largest absolute Gasteiger partial charge is 0.399 e. The third kappa shape index (κ3) is 2.14. The van der Waals surface area contributed by atoms with Crippen LogP contribution in [0.1, 0.15) is 25.2 Å². The minimum Gasteiger partial charge on any atom is -0.399 e. The van der Waals surface area contributed by atoms with Crippen LogP contribution in [0.3, 0.4) is 0 Å². The number of hydrogen-bond acceptors (Lipinski definition) is 2. The fourth-order valence-electron chi connectivity index (χ4n) is 2.35. The number of aromatic amines is 1. The summed E-state index contributed by atoms with van der Waals surface area (Å²) < 4.78 is 27.1. The molecule has 0 bridgehead atoms. The smallest absolute Gasteiger partial charge is 0.186 e. The minimum atomic E-state index is -0.928. The van der Waals surface area contributed by atoms with E-state index in [1.807, 2.05) is 26.0 Å². The van der Waals surface area contributed by atoms with Gasteiger partial charge in [0.05, 0.1) is 5.52 Å². The topological polar surface area (TPSA) is 54.7 Å². The van der Waals surface area contributed by atoms with Crippen LogP contribution in [-0.4, -0.2) is 9.97 Å². The van der Waals surface area contributed by atoms with Crippen molar-refractivity contribution in [2.45, 2.75) is 19.3 Å². The van der Waals surface area contributed by atoms with Crippen LogP contribution < -0.4 is 5.73 Å². The van der Waals surface area contributed by atoms with Gasteiger partial charge >= 0.3 is 0 Å². The molecule has 21 heavy (non-hydrogen) atoms. The summed E-state index contributed by atoms with van der Waals surface area (Å²) >= 11 is 0. The molecule has 3 aromatic rings. The Morgan fingerprint density at radius 1 is 1.05 bits per heavy atom. The second kappa shape index (κ2) is 4.55. The molecule has 3 N–H and O–H groups in total. The van der Waals surface area contributed by atoms with E-state index >= 15 is 0 Å². The summed E-state index contributed by atoms with van der Waals surface area (Å²) in [5, 5.41) is 0. The van der Waals surface area contributed by atoms with Gasteiger partial charge in [0.15, 0.2) is 11.6 Å². The van der Waals surface area contributed by atoms with E-state index in [2.05, 4.69) is 9.97 Å². The molecule has 0 radical (unpaired) electrons. The number of hydrogen-bond donors (Lipinski definition) is 2. The third-order valence-electron chi connectivity index (χ3n) is 3.77. The fraction of sp³-hybridized carbons (Fsp3) is 0.188. The van der Waals surface area contributed by atoms with Gasteiger partial charge in [-0.2, -0.15) is 0 Å². The van der Waals surface area contributed by atoms with Crippen molar-refractivity contribution in [3.63, 3.8) is 0 Å². The summed E-state index contributed by atoms with van der Waals surface area (Å²) in [7, 11) is 0. The molecular formula is C16H15F2N3. The number of H-pyrrole nitrogens is 1. The summed E-state index contributed by atoms with van der Waals surface area (Å²) in [6.07, 6.45) is 0. The van der Waals surface area contributed by atoms with Crippen LogP contribution in [0.4, 0.5) is 14.5 Å².